The van der Waals surface area contributed by atoms with E-state index in [1.54, 1.807) is 12.1 Å². The predicted octanol–water partition coefficient (Wildman–Crippen LogP) is 0.737. The molecule has 0 aliphatic carbocycles. The van der Waals surface area contributed by atoms with Crippen LogP contribution in [0, 0.1) is 14.3 Å². The van der Waals surface area contributed by atoms with Gasteiger partial charge in [0.25, 0.3) is 0 Å². The second-order valence-electron chi connectivity index (χ2n) is 4.88. The normalized spacial score (nSPS) is 11.1. The third-order valence-corrected chi connectivity index (χ3v) is 6.29. The summed E-state index contributed by atoms with van der Waals surface area (Å²) in [5, 5.41) is 18.8. The third-order valence-electron chi connectivity index (χ3n) is 3.04. The second kappa shape index (κ2) is 12.1. The second-order valence-corrected chi connectivity index (χ2v) is 9.52. The number of benzene rings is 2. The minimum Gasteiger partial charge on any atom is -0.506 e. The van der Waals surface area contributed by atoms with Crippen LogP contribution in [-0.4, -0.2) is 27.7 Å². The summed E-state index contributed by atoms with van der Waals surface area (Å²) in [7, 11) is 0. The van der Waals surface area contributed by atoms with E-state index in [0.29, 0.717) is 18.6 Å². The van der Waals surface area contributed by atoms with Crippen LogP contribution in [0.5, 0.6) is 17.2 Å². The fourth-order valence-corrected chi connectivity index (χ4v) is 5.72. The number of carboxylic acid groups (broad SMARTS) is 1. The van der Waals surface area contributed by atoms with Crippen molar-refractivity contribution >= 4 is 96.3 Å². The molecule has 0 fully saturated rings. The molecule has 0 aliphatic heterocycles. The van der Waals surface area contributed by atoms with Crippen LogP contribution in [-0.2, 0) is 11.2 Å². The smallest absolute Gasteiger partial charge is 0.506 e. The quantitative estimate of drug-likeness (QED) is 0.304. The molecule has 0 saturated heterocycles. The average Bonchev–Trinajstić information content (AvgIpc) is 2.48. The van der Waals surface area contributed by atoms with Crippen molar-refractivity contribution in [1.82, 2.24) is 0 Å². The van der Waals surface area contributed by atoms with E-state index in [1.807, 2.05) is 12.1 Å². The van der Waals surface area contributed by atoms with Gasteiger partial charge in [0.1, 0.15) is 17.5 Å². The topological polar surface area (TPSA) is 124 Å². The van der Waals surface area contributed by atoms with Crippen LogP contribution < -0.4 is 40.0 Å². The number of carbonyl (C=O) groups is 1. The molecule has 6 N–H and O–H groups in total. The first-order valence-corrected chi connectivity index (χ1v) is 10.8. The summed E-state index contributed by atoms with van der Waals surface area (Å²) in [6.45, 7) is 0. The molecule has 0 aliphatic rings. The van der Waals surface area contributed by atoms with Crippen molar-refractivity contribution in [2.24, 2.45) is 5.73 Å². The summed E-state index contributed by atoms with van der Waals surface area (Å²) >= 11 is 8.42. The van der Waals surface area contributed by atoms with Gasteiger partial charge in [-0.3, -0.25) is 4.79 Å². The molecule has 0 saturated carbocycles. The largest absolute Gasteiger partial charge is 1.00 e. The van der Waals surface area contributed by atoms with Crippen LogP contribution in [0.2, 0.25) is 0 Å². The van der Waals surface area contributed by atoms with E-state index >= 15 is 0 Å². The maximum Gasteiger partial charge on any atom is 1.00 e. The molecule has 0 amide bonds. The summed E-state index contributed by atoms with van der Waals surface area (Å²) in [6, 6.07) is 6.34. The van der Waals surface area contributed by atoms with Gasteiger partial charge in [-0.25, -0.2) is 0 Å². The van der Waals surface area contributed by atoms with Crippen molar-refractivity contribution in [3.05, 3.63) is 44.1 Å². The van der Waals surface area contributed by atoms with Crippen LogP contribution >= 0.6 is 90.4 Å². The molecule has 0 radical (unpaired) electrons. The zero-order valence-corrected chi connectivity index (χ0v) is 24.0. The molecule has 0 bridgehead atoms. The molecule has 2 rings (SSSR count). The standard InChI is InChI=1S/C15H11I4NO4.Na.H2O/c16-8-4-7(5-9(17)13(8)21)24-14-10(18)1-6(2-11(14)19)3-12(20)15(22)23;;/h1-2,4-5,12,21H,3,20H2,(H,22,23);;1H2/q;+1;/t12-;;/m0../s1. The van der Waals surface area contributed by atoms with Gasteiger partial charge in [-0.2, -0.15) is 0 Å². The van der Waals surface area contributed by atoms with E-state index in [9.17, 15) is 9.90 Å². The summed E-state index contributed by atoms with van der Waals surface area (Å²) in [5.74, 6) is 0.549. The van der Waals surface area contributed by atoms with Gasteiger partial charge in [-0.15, -0.1) is 0 Å². The molecule has 6 nitrogen and oxygen atoms in total. The molecule has 26 heavy (non-hydrogen) atoms. The third kappa shape index (κ3) is 7.31. The molecule has 0 spiro atoms. The Labute approximate surface area is 227 Å². The minimum atomic E-state index is -1.02. The van der Waals surface area contributed by atoms with Gasteiger partial charge in [0.05, 0.1) is 14.3 Å². The zero-order valence-electron chi connectivity index (χ0n) is 13.4. The fraction of sp³-hybridized carbons (Fsp3) is 0.133. The van der Waals surface area contributed by atoms with Crippen molar-refractivity contribution in [2.45, 2.75) is 12.5 Å². The van der Waals surface area contributed by atoms with Crippen LogP contribution in [0.4, 0.5) is 0 Å². The number of hydrogen-bond acceptors (Lipinski definition) is 4. The van der Waals surface area contributed by atoms with Crippen molar-refractivity contribution < 1.29 is 54.8 Å². The van der Waals surface area contributed by atoms with Gasteiger partial charge >= 0.3 is 35.5 Å². The van der Waals surface area contributed by atoms with Gasteiger partial charge in [0.15, 0.2) is 5.75 Å². The van der Waals surface area contributed by atoms with Gasteiger partial charge in [0.2, 0.25) is 0 Å². The Morgan fingerprint density at radius 2 is 1.50 bits per heavy atom. The van der Waals surface area contributed by atoms with Crippen molar-refractivity contribution in [1.29, 1.82) is 0 Å². The number of nitrogens with two attached hydrogens (primary N) is 1. The summed E-state index contributed by atoms with van der Waals surface area (Å²) in [4.78, 5) is 10.9. The monoisotopic (exact) mass is 818 g/mol. The summed E-state index contributed by atoms with van der Waals surface area (Å²) in [5.41, 5.74) is 6.44. The maximum absolute atomic E-state index is 10.9. The maximum atomic E-state index is 10.9. The van der Waals surface area contributed by atoms with Crippen LogP contribution in [0.25, 0.3) is 0 Å². The molecule has 136 valence electrons. The minimum absolute atomic E-state index is 0. The zero-order chi connectivity index (χ0) is 18.0. The molecule has 2 aromatic rings. The molecule has 11 heteroatoms. The molecular formula is C15H13I4NNaO5+. The van der Waals surface area contributed by atoms with Crippen LogP contribution in [0.15, 0.2) is 24.3 Å². The fourth-order valence-electron chi connectivity index (χ4n) is 1.89. The number of carboxylic acids is 1. The first-order valence-electron chi connectivity index (χ1n) is 6.51. The number of rotatable bonds is 5. The van der Waals surface area contributed by atoms with E-state index in [1.165, 1.54) is 0 Å². The average molecular weight is 818 g/mol. The van der Waals surface area contributed by atoms with Crippen LogP contribution in [0.1, 0.15) is 5.56 Å². The number of hydrogen-bond donors (Lipinski definition) is 3. The van der Waals surface area contributed by atoms with Crippen molar-refractivity contribution in [2.75, 3.05) is 0 Å². The van der Waals surface area contributed by atoms with Gasteiger partial charge in [-0.05, 0) is 127 Å². The van der Waals surface area contributed by atoms with Crippen molar-refractivity contribution in [3.63, 3.8) is 0 Å². The molecule has 2 aromatic carbocycles. The molecule has 0 heterocycles. The first-order chi connectivity index (χ1) is 11.2. The van der Waals surface area contributed by atoms with Gasteiger partial charge in [0, 0.05) is 0 Å². The van der Waals surface area contributed by atoms with E-state index < -0.39 is 12.0 Å². The SMILES string of the molecule is N[C@@H](Cc1cc(I)c(Oc2cc(I)c(O)c(I)c2)c(I)c1)C(=O)O.O.[Na+]. The number of phenolic OH excluding ortho intramolecular Hbond substituents is 1. The van der Waals surface area contributed by atoms with E-state index in [2.05, 4.69) is 90.4 Å². The van der Waals surface area contributed by atoms with E-state index in [4.69, 9.17) is 15.6 Å². The Bertz CT molecular complexity index is 760. The van der Waals surface area contributed by atoms with Gasteiger partial charge < -0.3 is 26.2 Å². The van der Waals surface area contributed by atoms with Gasteiger partial charge in [-0.1, -0.05) is 0 Å². The number of aliphatic carboxylic acids is 1. The number of halogens is 4. The van der Waals surface area contributed by atoms with Crippen LogP contribution in [0.3, 0.4) is 0 Å². The molecule has 0 aromatic heterocycles. The summed E-state index contributed by atoms with van der Waals surface area (Å²) < 4.78 is 9.14. The molecule has 0 unspecified atom stereocenters. The number of aromatic hydroxyl groups is 1. The predicted molar refractivity (Wildman–Crippen MR) is 128 cm³/mol. The number of ether oxygens (including phenoxy) is 1. The Kier molecular flexibility index (Phi) is 12.8. The Morgan fingerprint density at radius 1 is 1.04 bits per heavy atom. The summed E-state index contributed by atoms with van der Waals surface area (Å²) in [6.07, 6.45) is 0.261. The number of phenols is 1. The Balaban J connectivity index is 0.00000312. The van der Waals surface area contributed by atoms with E-state index in [0.717, 1.165) is 12.7 Å². The van der Waals surface area contributed by atoms with Crippen molar-refractivity contribution in [3.8, 4) is 17.2 Å². The van der Waals surface area contributed by atoms with E-state index in [-0.39, 0.29) is 47.2 Å². The Morgan fingerprint density at radius 3 is 1.92 bits per heavy atom. The first kappa shape index (κ1) is 27.4. The Hall–Kier alpha value is 1.35. The molecular weight excluding hydrogens is 805 g/mol. The molecule has 1 atom stereocenters.